The Balaban J connectivity index is 2.07. The summed E-state index contributed by atoms with van der Waals surface area (Å²) < 4.78 is 24.7. The Morgan fingerprint density at radius 2 is 1.83 bits per heavy atom. The molecule has 0 fully saturated rings. The molecule has 0 atom stereocenters. The van der Waals surface area contributed by atoms with Crippen molar-refractivity contribution in [2.45, 2.75) is 20.4 Å². The Labute approximate surface area is 179 Å². The van der Waals surface area contributed by atoms with E-state index in [0.717, 1.165) is 16.0 Å². The molecule has 0 saturated carbocycles. The molecule has 7 nitrogen and oxygen atoms in total. The number of rotatable bonds is 9. The number of methoxy groups -OCH3 is 2. The summed E-state index contributed by atoms with van der Waals surface area (Å²) in [6, 6.07) is 10.9. The first-order chi connectivity index (χ1) is 14.6. The summed E-state index contributed by atoms with van der Waals surface area (Å²) in [5.74, 6) is 1.44. The van der Waals surface area contributed by atoms with Crippen molar-refractivity contribution in [2.24, 2.45) is 4.99 Å². The van der Waals surface area contributed by atoms with Crippen LogP contribution in [0.15, 0.2) is 41.4 Å². The zero-order valence-corrected chi connectivity index (χ0v) is 18.5. The number of fused-ring (bicyclic) bond motifs is 1. The van der Waals surface area contributed by atoms with Crippen molar-refractivity contribution in [1.82, 2.24) is 4.57 Å². The maximum Gasteiger partial charge on any atom is 0.283 e. The van der Waals surface area contributed by atoms with Crippen LogP contribution in [-0.2, 0) is 11.3 Å². The van der Waals surface area contributed by atoms with Crippen LogP contribution in [0.1, 0.15) is 24.2 Å². The second-order valence-corrected chi connectivity index (χ2v) is 7.29. The predicted octanol–water partition coefficient (Wildman–Crippen LogP) is 3.90. The molecule has 3 rings (SSSR count). The number of ether oxygens (including phenoxy) is 4. The number of amides is 1. The number of carbonyl (C=O) groups is 1. The smallest absolute Gasteiger partial charge is 0.283 e. The molecule has 0 radical (unpaired) electrons. The van der Waals surface area contributed by atoms with Crippen molar-refractivity contribution in [3.05, 3.63) is 46.8 Å². The highest BCUT2D eigenvalue weighted by molar-refractivity contribution is 7.16. The zero-order chi connectivity index (χ0) is 21.5. The lowest BCUT2D eigenvalue weighted by atomic mass is 10.2. The van der Waals surface area contributed by atoms with Crippen LogP contribution in [0.25, 0.3) is 10.2 Å². The summed E-state index contributed by atoms with van der Waals surface area (Å²) in [5, 5.41) is 0. The van der Waals surface area contributed by atoms with Gasteiger partial charge in [-0.1, -0.05) is 11.3 Å². The van der Waals surface area contributed by atoms with E-state index in [1.165, 1.54) is 18.4 Å². The average molecular weight is 431 g/mol. The van der Waals surface area contributed by atoms with Crippen molar-refractivity contribution >= 4 is 27.5 Å². The van der Waals surface area contributed by atoms with Gasteiger partial charge in [0.25, 0.3) is 5.91 Å². The number of hydrogen-bond donors (Lipinski definition) is 0. The molecule has 0 saturated heterocycles. The van der Waals surface area contributed by atoms with E-state index in [1.807, 2.05) is 36.6 Å². The predicted molar refractivity (Wildman–Crippen MR) is 117 cm³/mol. The normalized spacial score (nSPS) is 11.7. The minimum Gasteiger partial charge on any atom is -0.497 e. The highest BCUT2D eigenvalue weighted by Gasteiger charge is 2.15. The Kier molecular flexibility index (Phi) is 7.48. The molecule has 0 N–H and O–H groups in total. The van der Waals surface area contributed by atoms with Gasteiger partial charge in [-0.2, -0.15) is 4.99 Å². The molecular formula is C22H26N2O5S. The first-order valence-corrected chi connectivity index (χ1v) is 10.6. The van der Waals surface area contributed by atoms with E-state index in [-0.39, 0.29) is 5.91 Å². The molecule has 8 heteroatoms. The van der Waals surface area contributed by atoms with Crippen LogP contribution in [-0.4, -0.2) is 44.5 Å². The Hall–Kier alpha value is -2.84. The largest absolute Gasteiger partial charge is 0.497 e. The molecule has 2 aromatic carbocycles. The number of hydrogen-bond acceptors (Lipinski definition) is 6. The van der Waals surface area contributed by atoms with Gasteiger partial charge in [-0.25, -0.2) is 0 Å². The highest BCUT2D eigenvalue weighted by atomic mass is 32.1. The topological polar surface area (TPSA) is 71.3 Å². The van der Waals surface area contributed by atoms with Crippen LogP contribution in [0.5, 0.6) is 17.2 Å². The SMILES string of the molecule is CCOCCn1c(=NC(=O)c2ccc(OC)cc2OC)sc2cc(OCC)ccc21. The molecule has 0 unspecified atom stereocenters. The third-order valence-corrected chi connectivity index (χ3v) is 5.51. The van der Waals surface area contributed by atoms with E-state index < -0.39 is 0 Å². The van der Waals surface area contributed by atoms with E-state index in [0.29, 0.717) is 48.2 Å². The van der Waals surface area contributed by atoms with Gasteiger partial charge in [0.15, 0.2) is 4.80 Å². The van der Waals surface area contributed by atoms with Gasteiger partial charge in [-0.15, -0.1) is 0 Å². The lowest BCUT2D eigenvalue weighted by Gasteiger charge is -2.08. The van der Waals surface area contributed by atoms with E-state index in [1.54, 1.807) is 25.3 Å². The lowest BCUT2D eigenvalue weighted by Crippen LogP contribution is -2.20. The molecule has 1 heterocycles. The van der Waals surface area contributed by atoms with Gasteiger partial charge in [0.05, 0.1) is 43.2 Å². The van der Waals surface area contributed by atoms with Crippen molar-refractivity contribution in [3.63, 3.8) is 0 Å². The van der Waals surface area contributed by atoms with Gasteiger partial charge < -0.3 is 23.5 Å². The summed E-state index contributed by atoms with van der Waals surface area (Å²) in [6.45, 7) is 6.24. The van der Waals surface area contributed by atoms with Gasteiger partial charge >= 0.3 is 0 Å². The van der Waals surface area contributed by atoms with Crippen LogP contribution in [0.2, 0.25) is 0 Å². The standard InChI is InChI=1S/C22H26N2O5S/c1-5-28-12-11-24-18-10-8-16(29-6-2)14-20(18)30-22(24)23-21(25)17-9-7-15(26-3)13-19(17)27-4/h7-10,13-14H,5-6,11-12H2,1-4H3. The van der Waals surface area contributed by atoms with E-state index >= 15 is 0 Å². The number of aromatic nitrogens is 1. The fourth-order valence-electron chi connectivity index (χ4n) is 3.03. The minimum absolute atomic E-state index is 0.377. The molecule has 0 aliphatic heterocycles. The molecule has 160 valence electrons. The molecule has 30 heavy (non-hydrogen) atoms. The van der Waals surface area contributed by atoms with Crippen LogP contribution in [0.3, 0.4) is 0 Å². The summed E-state index contributed by atoms with van der Waals surface area (Å²) in [4.78, 5) is 18.0. The molecule has 3 aromatic rings. The quantitative estimate of drug-likeness (QED) is 0.482. The monoisotopic (exact) mass is 430 g/mol. The van der Waals surface area contributed by atoms with Gasteiger partial charge in [0.2, 0.25) is 0 Å². The third-order valence-electron chi connectivity index (χ3n) is 4.46. The van der Waals surface area contributed by atoms with Crippen molar-refractivity contribution in [1.29, 1.82) is 0 Å². The summed E-state index contributed by atoms with van der Waals surface area (Å²) >= 11 is 1.44. The minimum atomic E-state index is -0.378. The molecule has 0 aliphatic rings. The van der Waals surface area contributed by atoms with Gasteiger partial charge in [0.1, 0.15) is 17.2 Å². The number of thiazole rings is 1. The van der Waals surface area contributed by atoms with Crippen LogP contribution in [0.4, 0.5) is 0 Å². The first-order valence-electron chi connectivity index (χ1n) is 9.76. The fraction of sp³-hybridized carbons (Fsp3) is 0.364. The molecule has 1 amide bonds. The van der Waals surface area contributed by atoms with Crippen molar-refractivity contribution < 1.29 is 23.7 Å². The number of carbonyl (C=O) groups excluding carboxylic acids is 1. The Morgan fingerprint density at radius 1 is 1.03 bits per heavy atom. The number of nitrogens with zero attached hydrogens (tertiary/aromatic N) is 2. The first kappa shape index (κ1) is 21.9. The zero-order valence-electron chi connectivity index (χ0n) is 17.6. The maximum absolute atomic E-state index is 13.0. The van der Waals surface area contributed by atoms with E-state index in [9.17, 15) is 4.79 Å². The summed E-state index contributed by atoms with van der Waals surface area (Å²) in [5.41, 5.74) is 1.36. The molecule has 0 bridgehead atoms. The van der Waals surface area contributed by atoms with E-state index in [4.69, 9.17) is 18.9 Å². The van der Waals surface area contributed by atoms with Crippen molar-refractivity contribution in [2.75, 3.05) is 34.0 Å². The molecular weight excluding hydrogens is 404 g/mol. The summed E-state index contributed by atoms with van der Waals surface area (Å²) in [7, 11) is 3.08. The molecule has 0 aliphatic carbocycles. The van der Waals surface area contributed by atoms with Gasteiger partial charge in [0, 0.05) is 19.2 Å². The van der Waals surface area contributed by atoms with Crippen LogP contribution in [0, 0.1) is 0 Å². The van der Waals surface area contributed by atoms with Gasteiger partial charge in [-0.05, 0) is 44.2 Å². The average Bonchev–Trinajstić information content (AvgIpc) is 3.09. The number of benzene rings is 2. The highest BCUT2D eigenvalue weighted by Crippen LogP contribution is 2.26. The maximum atomic E-state index is 13.0. The van der Waals surface area contributed by atoms with E-state index in [2.05, 4.69) is 4.99 Å². The van der Waals surface area contributed by atoms with Crippen molar-refractivity contribution in [3.8, 4) is 17.2 Å². The fourth-order valence-corrected chi connectivity index (χ4v) is 4.12. The van der Waals surface area contributed by atoms with Crippen LogP contribution >= 0.6 is 11.3 Å². The summed E-state index contributed by atoms with van der Waals surface area (Å²) in [6.07, 6.45) is 0. The molecule has 0 spiro atoms. The molecule has 1 aromatic heterocycles. The van der Waals surface area contributed by atoms with Gasteiger partial charge in [-0.3, -0.25) is 4.79 Å². The van der Waals surface area contributed by atoms with Crippen LogP contribution < -0.4 is 19.0 Å². The Morgan fingerprint density at radius 3 is 2.53 bits per heavy atom. The second-order valence-electron chi connectivity index (χ2n) is 6.28. The Bertz CT molecular complexity index is 1090. The lowest BCUT2D eigenvalue weighted by molar-refractivity contribution is 0.0993. The second kappa shape index (κ2) is 10.3. The third kappa shape index (κ3) is 4.83.